The van der Waals surface area contributed by atoms with Crippen molar-refractivity contribution in [1.29, 1.82) is 0 Å². The van der Waals surface area contributed by atoms with Crippen molar-refractivity contribution in [2.75, 3.05) is 0 Å². The second kappa shape index (κ2) is 11.9. The van der Waals surface area contributed by atoms with Gasteiger partial charge in [-0.05, 0) is 97.2 Å². The standard InChI is InChI=1S/3C9H11N3.2CH4/c1-6-4-7(2)11-12-8(3)10-5-9(6)12;2*1-6-4-7(2)11-12-8(3)5-10-9(6)12;;/h3*4-5H,1-3H3;2*1H4. The van der Waals surface area contributed by atoms with Gasteiger partial charge in [0, 0.05) is 0 Å². The lowest BCUT2D eigenvalue weighted by Gasteiger charge is -2.00. The Morgan fingerprint density at radius 1 is 0.474 bits per heavy atom. The molecule has 6 aromatic rings. The molecule has 6 heterocycles. The summed E-state index contributed by atoms with van der Waals surface area (Å²) in [6.45, 7) is 18.1. The van der Waals surface area contributed by atoms with Gasteiger partial charge in [-0.25, -0.2) is 28.5 Å². The number of fused-ring (bicyclic) bond motifs is 3. The number of aryl methyl sites for hydroxylation is 9. The zero-order chi connectivity index (χ0) is 26.1. The summed E-state index contributed by atoms with van der Waals surface area (Å²) in [4.78, 5) is 12.7. The maximum absolute atomic E-state index is 4.35. The maximum Gasteiger partial charge on any atom is 0.156 e. The highest BCUT2D eigenvalue weighted by molar-refractivity contribution is 5.52. The summed E-state index contributed by atoms with van der Waals surface area (Å²) < 4.78 is 5.64. The first-order valence-corrected chi connectivity index (χ1v) is 11.9. The Labute approximate surface area is 225 Å². The lowest BCUT2D eigenvalue weighted by Crippen LogP contribution is -1.97. The number of hydrogen-bond acceptors (Lipinski definition) is 6. The largest absolute Gasteiger partial charge is 0.239 e. The van der Waals surface area contributed by atoms with Crippen molar-refractivity contribution >= 4 is 16.8 Å². The first-order valence-electron chi connectivity index (χ1n) is 11.9. The van der Waals surface area contributed by atoms with E-state index in [1.54, 1.807) is 0 Å². The van der Waals surface area contributed by atoms with Crippen LogP contribution in [0.5, 0.6) is 0 Å². The molecule has 0 aromatic carbocycles. The second-order valence-corrected chi connectivity index (χ2v) is 9.28. The normalized spacial score (nSPS) is 10.3. The van der Waals surface area contributed by atoms with Crippen LogP contribution in [-0.2, 0) is 0 Å². The van der Waals surface area contributed by atoms with E-state index in [0.717, 1.165) is 51.1 Å². The highest BCUT2D eigenvalue weighted by Crippen LogP contribution is 2.12. The molecule has 0 N–H and O–H groups in total. The molecule has 0 radical (unpaired) electrons. The molecule has 0 fully saturated rings. The lowest BCUT2D eigenvalue weighted by atomic mass is 10.2. The van der Waals surface area contributed by atoms with Gasteiger partial charge in [-0.15, -0.1) is 0 Å². The molecule has 9 heteroatoms. The SMILES string of the molecule is C.C.Cc1cc(C)c2cnc(C)n2n1.Cc1cc(C)c2ncc(C)n2n1.Cc1cc(C)c2ncc(C)n2n1. The predicted octanol–water partition coefficient (Wildman–Crippen LogP) is 6.24. The van der Waals surface area contributed by atoms with Crippen LogP contribution in [0, 0.1) is 62.3 Å². The van der Waals surface area contributed by atoms with E-state index in [1.807, 2.05) is 85.8 Å². The number of rotatable bonds is 0. The molecule has 0 bridgehead atoms. The first kappa shape index (κ1) is 30.1. The van der Waals surface area contributed by atoms with Gasteiger partial charge in [-0.3, -0.25) is 0 Å². The van der Waals surface area contributed by atoms with E-state index in [1.165, 1.54) is 16.7 Å². The molecule has 0 aliphatic carbocycles. The monoisotopic (exact) mass is 515 g/mol. The van der Waals surface area contributed by atoms with Gasteiger partial charge in [-0.2, -0.15) is 15.3 Å². The Hall–Kier alpha value is -4.14. The lowest BCUT2D eigenvalue weighted by molar-refractivity contribution is 0.847. The number of nitrogens with zero attached hydrogens (tertiary/aromatic N) is 9. The zero-order valence-corrected chi connectivity index (χ0v) is 22.5. The summed E-state index contributed by atoms with van der Waals surface area (Å²) in [5.74, 6) is 0.941. The molecule has 0 saturated carbocycles. The van der Waals surface area contributed by atoms with Crippen molar-refractivity contribution in [3.8, 4) is 0 Å². The van der Waals surface area contributed by atoms with E-state index in [9.17, 15) is 0 Å². The van der Waals surface area contributed by atoms with Crippen LogP contribution in [0.2, 0.25) is 0 Å². The van der Waals surface area contributed by atoms with Crippen molar-refractivity contribution in [3.05, 3.63) is 87.8 Å². The average molecular weight is 516 g/mol. The van der Waals surface area contributed by atoms with Gasteiger partial charge in [0.2, 0.25) is 0 Å². The topological polar surface area (TPSA) is 90.6 Å². The summed E-state index contributed by atoms with van der Waals surface area (Å²) in [6, 6.07) is 6.15. The minimum absolute atomic E-state index is 0. The first-order chi connectivity index (χ1) is 17.0. The average Bonchev–Trinajstić information content (AvgIpc) is 3.48. The third-order valence-corrected chi connectivity index (χ3v) is 5.88. The summed E-state index contributed by atoms with van der Waals surface area (Å²) >= 11 is 0. The molecule has 0 spiro atoms. The molecule has 6 aromatic heterocycles. The predicted molar refractivity (Wildman–Crippen MR) is 155 cm³/mol. The van der Waals surface area contributed by atoms with E-state index in [0.29, 0.717) is 0 Å². The molecule has 0 aliphatic rings. The second-order valence-electron chi connectivity index (χ2n) is 9.28. The summed E-state index contributed by atoms with van der Waals surface area (Å²) in [5.41, 5.74) is 11.8. The highest BCUT2D eigenvalue weighted by Gasteiger charge is 2.04. The molecule has 6 rings (SSSR count). The van der Waals surface area contributed by atoms with Crippen LogP contribution in [-0.4, -0.2) is 43.8 Å². The van der Waals surface area contributed by atoms with E-state index in [4.69, 9.17) is 0 Å². The smallest absolute Gasteiger partial charge is 0.156 e. The molecule has 0 atom stereocenters. The van der Waals surface area contributed by atoms with Gasteiger partial charge in [0.15, 0.2) is 11.3 Å². The fourth-order valence-corrected chi connectivity index (χ4v) is 4.19. The molecule has 0 unspecified atom stereocenters. The molecular formula is C29H41N9. The Morgan fingerprint density at radius 3 is 1.32 bits per heavy atom. The Balaban J connectivity index is 0.000000195. The van der Waals surface area contributed by atoms with Gasteiger partial charge in [0.25, 0.3) is 0 Å². The quantitative estimate of drug-likeness (QED) is 0.238. The van der Waals surface area contributed by atoms with Crippen molar-refractivity contribution in [2.24, 2.45) is 0 Å². The molecule has 0 amide bonds. The summed E-state index contributed by atoms with van der Waals surface area (Å²) in [6.07, 6.45) is 5.54. The van der Waals surface area contributed by atoms with Crippen LogP contribution in [0.3, 0.4) is 0 Å². The number of hydrogen-bond donors (Lipinski definition) is 0. The minimum Gasteiger partial charge on any atom is -0.239 e. The summed E-state index contributed by atoms with van der Waals surface area (Å²) in [5, 5.41) is 13.1. The Bertz CT molecular complexity index is 1490. The fourth-order valence-electron chi connectivity index (χ4n) is 4.19. The van der Waals surface area contributed by atoms with Gasteiger partial charge < -0.3 is 0 Å². The maximum atomic E-state index is 4.35. The number of imidazole rings is 3. The van der Waals surface area contributed by atoms with Gasteiger partial charge in [0.05, 0.1) is 52.6 Å². The fraction of sp³-hybridized carbons (Fsp3) is 0.379. The van der Waals surface area contributed by atoms with E-state index < -0.39 is 0 Å². The van der Waals surface area contributed by atoms with Crippen LogP contribution in [0.25, 0.3) is 16.8 Å². The number of aromatic nitrogens is 9. The Morgan fingerprint density at radius 2 is 0.868 bits per heavy atom. The van der Waals surface area contributed by atoms with Crippen LogP contribution in [0.15, 0.2) is 36.8 Å². The van der Waals surface area contributed by atoms with E-state index in [2.05, 4.69) is 57.1 Å². The summed E-state index contributed by atoms with van der Waals surface area (Å²) in [7, 11) is 0. The van der Waals surface area contributed by atoms with E-state index in [-0.39, 0.29) is 14.9 Å². The molecule has 202 valence electrons. The molecule has 0 aliphatic heterocycles. The van der Waals surface area contributed by atoms with Gasteiger partial charge in [0.1, 0.15) is 5.82 Å². The van der Waals surface area contributed by atoms with Crippen molar-refractivity contribution in [1.82, 2.24) is 43.8 Å². The van der Waals surface area contributed by atoms with Crippen molar-refractivity contribution in [2.45, 2.75) is 77.2 Å². The molecule has 38 heavy (non-hydrogen) atoms. The zero-order valence-electron chi connectivity index (χ0n) is 22.5. The van der Waals surface area contributed by atoms with Gasteiger partial charge >= 0.3 is 0 Å². The minimum atomic E-state index is 0. The third-order valence-electron chi connectivity index (χ3n) is 5.88. The molecule has 9 nitrogen and oxygen atoms in total. The van der Waals surface area contributed by atoms with Crippen LogP contribution >= 0.6 is 0 Å². The van der Waals surface area contributed by atoms with Gasteiger partial charge in [-0.1, -0.05) is 14.9 Å². The van der Waals surface area contributed by atoms with Crippen LogP contribution in [0.1, 0.15) is 65.8 Å². The van der Waals surface area contributed by atoms with Crippen molar-refractivity contribution < 1.29 is 0 Å². The van der Waals surface area contributed by atoms with Crippen LogP contribution < -0.4 is 0 Å². The van der Waals surface area contributed by atoms with Crippen LogP contribution in [0.4, 0.5) is 0 Å². The van der Waals surface area contributed by atoms with Crippen molar-refractivity contribution in [3.63, 3.8) is 0 Å². The third kappa shape index (κ3) is 6.04. The van der Waals surface area contributed by atoms with E-state index >= 15 is 0 Å². The highest BCUT2D eigenvalue weighted by atomic mass is 15.3. The Kier molecular flexibility index (Phi) is 9.45. The molecular weight excluding hydrogens is 474 g/mol. The molecule has 0 saturated heterocycles.